The van der Waals surface area contributed by atoms with Gasteiger partial charge in [-0.05, 0) is 18.2 Å². The second-order valence-corrected chi connectivity index (χ2v) is 5.32. The number of carbonyl (C=O) groups is 2. The zero-order valence-corrected chi connectivity index (χ0v) is 12.5. The van der Waals surface area contributed by atoms with Gasteiger partial charge in [-0.25, -0.2) is 0 Å². The standard InChI is InChI=1S/C14H19ClN4O2/c15-11-2-1-3-12(10-11)17-13(20)14(21)19-8-6-18(5-4-16)7-9-19/h1-3,10H,4-9,16H2,(H,17,20). The van der Waals surface area contributed by atoms with Crippen LogP contribution in [0.3, 0.4) is 0 Å². The molecule has 1 heterocycles. The number of halogens is 1. The SMILES string of the molecule is NCCN1CCN(C(=O)C(=O)Nc2cccc(Cl)c2)CC1. The molecule has 2 rings (SSSR count). The highest BCUT2D eigenvalue weighted by Crippen LogP contribution is 2.15. The maximum Gasteiger partial charge on any atom is 0.313 e. The molecule has 0 atom stereocenters. The molecule has 0 unspecified atom stereocenters. The second-order valence-electron chi connectivity index (χ2n) is 4.89. The first-order valence-electron chi connectivity index (χ1n) is 6.88. The van der Waals surface area contributed by atoms with Gasteiger partial charge in [0.15, 0.2) is 0 Å². The molecule has 0 spiro atoms. The normalized spacial score (nSPS) is 15.8. The molecule has 114 valence electrons. The third kappa shape index (κ3) is 4.42. The van der Waals surface area contributed by atoms with E-state index in [2.05, 4.69) is 10.2 Å². The van der Waals surface area contributed by atoms with E-state index in [4.69, 9.17) is 17.3 Å². The Morgan fingerprint density at radius 1 is 1.24 bits per heavy atom. The zero-order valence-electron chi connectivity index (χ0n) is 11.7. The van der Waals surface area contributed by atoms with Crippen LogP contribution in [0.5, 0.6) is 0 Å². The molecule has 0 saturated carbocycles. The topological polar surface area (TPSA) is 78.7 Å². The van der Waals surface area contributed by atoms with E-state index in [0.29, 0.717) is 30.3 Å². The van der Waals surface area contributed by atoms with Crippen LogP contribution in [0.2, 0.25) is 5.02 Å². The molecular formula is C14H19ClN4O2. The van der Waals surface area contributed by atoms with Crippen molar-refractivity contribution in [2.24, 2.45) is 5.73 Å². The number of carbonyl (C=O) groups excluding carboxylic acids is 2. The largest absolute Gasteiger partial charge is 0.332 e. The van der Waals surface area contributed by atoms with Crippen molar-refractivity contribution >= 4 is 29.1 Å². The van der Waals surface area contributed by atoms with Gasteiger partial charge in [0.05, 0.1) is 0 Å². The summed E-state index contributed by atoms with van der Waals surface area (Å²) in [7, 11) is 0. The van der Waals surface area contributed by atoms with Crippen molar-refractivity contribution in [2.75, 3.05) is 44.6 Å². The van der Waals surface area contributed by atoms with Crippen molar-refractivity contribution in [2.45, 2.75) is 0 Å². The van der Waals surface area contributed by atoms with Gasteiger partial charge < -0.3 is 16.0 Å². The lowest BCUT2D eigenvalue weighted by atomic mass is 10.3. The summed E-state index contributed by atoms with van der Waals surface area (Å²) in [6.07, 6.45) is 0. The summed E-state index contributed by atoms with van der Waals surface area (Å²) in [6.45, 7) is 3.99. The lowest BCUT2D eigenvalue weighted by Crippen LogP contribution is -2.52. The van der Waals surface area contributed by atoms with Gasteiger partial charge in [-0.3, -0.25) is 14.5 Å². The first kappa shape index (κ1) is 15.8. The number of hydrogen-bond acceptors (Lipinski definition) is 4. The quantitative estimate of drug-likeness (QED) is 0.791. The van der Waals surface area contributed by atoms with Gasteiger partial charge in [-0.15, -0.1) is 0 Å². The summed E-state index contributed by atoms with van der Waals surface area (Å²) in [5.74, 6) is -1.15. The third-order valence-corrected chi connectivity index (χ3v) is 3.62. The maximum atomic E-state index is 12.1. The number of hydrogen-bond donors (Lipinski definition) is 2. The van der Waals surface area contributed by atoms with Crippen LogP contribution in [0.15, 0.2) is 24.3 Å². The summed E-state index contributed by atoms with van der Waals surface area (Å²) in [5.41, 5.74) is 6.02. The first-order chi connectivity index (χ1) is 10.1. The first-order valence-corrected chi connectivity index (χ1v) is 7.26. The van der Waals surface area contributed by atoms with Gasteiger partial charge in [-0.1, -0.05) is 17.7 Å². The minimum Gasteiger partial charge on any atom is -0.332 e. The molecule has 0 radical (unpaired) electrons. The second kappa shape index (κ2) is 7.40. The molecule has 0 bridgehead atoms. The van der Waals surface area contributed by atoms with Crippen LogP contribution >= 0.6 is 11.6 Å². The summed E-state index contributed by atoms with van der Waals surface area (Å²) in [6, 6.07) is 6.71. The molecule has 21 heavy (non-hydrogen) atoms. The Bertz CT molecular complexity index is 515. The molecule has 1 aromatic rings. The highest BCUT2D eigenvalue weighted by Gasteiger charge is 2.25. The van der Waals surface area contributed by atoms with Crippen molar-refractivity contribution in [3.05, 3.63) is 29.3 Å². The molecule has 0 aromatic heterocycles. The molecule has 0 aliphatic carbocycles. The van der Waals surface area contributed by atoms with Crippen LogP contribution in [0.25, 0.3) is 0 Å². The Morgan fingerprint density at radius 3 is 2.57 bits per heavy atom. The Labute approximate surface area is 128 Å². The lowest BCUT2D eigenvalue weighted by molar-refractivity contribution is -0.144. The van der Waals surface area contributed by atoms with Gasteiger partial charge in [0.2, 0.25) is 0 Å². The summed E-state index contributed by atoms with van der Waals surface area (Å²) >= 11 is 5.84. The van der Waals surface area contributed by atoms with E-state index in [1.807, 2.05) is 0 Å². The number of anilines is 1. The highest BCUT2D eigenvalue weighted by atomic mass is 35.5. The fourth-order valence-electron chi connectivity index (χ4n) is 2.25. The van der Waals surface area contributed by atoms with Gasteiger partial charge in [-0.2, -0.15) is 0 Å². The molecule has 6 nitrogen and oxygen atoms in total. The van der Waals surface area contributed by atoms with Gasteiger partial charge in [0, 0.05) is 50.0 Å². The fraction of sp³-hybridized carbons (Fsp3) is 0.429. The number of amides is 2. The molecule has 1 aliphatic heterocycles. The van der Waals surface area contributed by atoms with Gasteiger partial charge in [0.1, 0.15) is 0 Å². The van der Waals surface area contributed by atoms with E-state index in [1.165, 1.54) is 0 Å². The Hall–Kier alpha value is -1.63. The monoisotopic (exact) mass is 310 g/mol. The van der Waals surface area contributed by atoms with Crippen LogP contribution < -0.4 is 11.1 Å². The van der Waals surface area contributed by atoms with E-state index in [0.717, 1.165) is 19.6 Å². The smallest absolute Gasteiger partial charge is 0.313 e. The number of nitrogens with one attached hydrogen (secondary N) is 1. The number of benzene rings is 1. The minimum absolute atomic E-state index is 0.510. The lowest BCUT2D eigenvalue weighted by Gasteiger charge is -2.34. The Morgan fingerprint density at radius 2 is 1.95 bits per heavy atom. The molecule has 1 aliphatic rings. The molecule has 2 amide bonds. The van der Waals surface area contributed by atoms with Crippen molar-refractivity contribution in [1.29, 1.82) is 0 Å². The van der Waals surface area contributed by atoms with Crippen molar-refractivity contribution in [1.82, 2.24) is 9.80 Å². The van der Waals surface area contributed by atoms with E-state index in [9.17, 15) is 9.59 Å². The van der Waals surface area contributed by atoms with Crippen molar-refractivity contribution in [3.63, 3.8) is 0 Å². The number of piperazine rings is 1. The number of rotatable bonds is 3. The third-order valence-electron chi connectivity index (χ3n) is 3.38. The van der Waals surface area contributed by atoms with Crippen LogP contribution in [0.4, 0.5) is 5.69 Å². The van der Waals surface area contributed by atoms with E-state index >= 15 is 0 Å². The van der Waals surface area contributed by atoms with Crippen LogP contribution in [-0.2, 0) is 9.59 Å². The Balaban J connectivity index is 1.87. The van der Waals surface area contributed by atoms with Crippen molar-refractivity contribution < 1.29 is 9.59 Å². The fourth-order valence-corrected chi connectivity index (χ4v) is 2.44. The van der Waals surface area contributed by atoms with Crippen LogP contribution in [0, 0.1) is 0 Å². The average Bonchev–Trinajstić information content (AvgIpc) is 2.47. The maximum absolute atomic E-state index is 12.1. The highest BCUT2D eigenvalue weighted by molar-refractivity contribution is 6.39. The Kier molecular flexibility index (Phi) is 5.55. The molecule has 1 saturated heterocycles. The predicted molar refractivity (Wildman–Crippen MR) is 82.2 cm³/mol. The van der Waals surface area contributed by atoms with E-state index in [1.54, 1.807) is 29.2 Å². The molecular weight excluding hydrogens is 292 g/mol. The molecule has 1 aromatic carbocycles. The summed E-state index contributed by atoms with van der Waals surface area (Å²) in [4.78, 5) is 27.8. The van der Waals surface area contributed by atoms with Gasteiger partial charge in [0.25, 0.3) is 0 Å². The van der Waals surface area contributed by atoms with Crippen LogP contribution in [0.1, 0.15) is 0 Å². The zero-order chi connectivity index (χ0) is 15.2. The minimum atomic E-state index is -0.635. The summed E-state index contributed by atoms with van der Waals surface area (Å²) < 4.78 is 0. The van der Waals surface area contributed by atoms with E-state index < -0.39 is 11.8 Å². The molecule has 1 fully saturated rings. The number of nitrogens with two attached hydrogens (primary N) is 1. The predicted octanol–water partition coefficient (Wildman–Crippen LogP) is 0.381. The summed E-state index contributed by atoms with van der Waals surface area (Å²) in [5, 5.41) is 3.08. The molecule has 3 N–H and O–H groups in total. The number of nitrogens with zero attached hydrogens (tertiary/aromatic N) is 2. The average molecular weight is 311 g/mol. The van der Waals surface area contributed by atoms with Crippen LogP contribution in [-0.4, -0.2) is 60.9 Å². The van der Waals surface area contributed by atoms with Gasteiger partial charge >= 0.3 is 11.8 Å². The van der Waals surface area contributed by atoms with E-state index in [-0.39, 0.29) is 0 Å². The molecule has 7 heteroatoms. The van der Waals surface area contributed by atoms with Crippen molar-refractivity contribution in [3.8, 4) is 0 Å².